The van der Waals surface area contributed by atoms with E-state index in [0.717, 1.165) is 4.90 Å². The Kier molecular flexibility index (Phi) is 5.54. The van der Waals surface area contributed by atoms with Gasteiger partial charge in [-0.1, -0.05) is 36.4 Å². The molecule has 0 fully saturated rings. The Morgan fingerprint density at radius 2 is 1.58 bits per heavy atom. The molecule has 0 aliphatic carbocycles. The molecular weight excluding hydrogens is 395 g/mol. The van der Waals surface area contributed by atoms with Gasteiger partial charge in [-0.25, -0.2) is 9.29 Å². The monoisotopic (exact) mass is 416 g/mol. The number of carbonyl (C=O) groups excluding carboxylic acids is 2. The molecule has 0 saturated carbocycles. The zero-order valence-corrected chi connectivity index (χ0v) is 17.1. The summed E-state index contributed by atoms with van der Waals surface area (Å²) in [5.41, 5.74) is 1.71. The highest BCUT2D eigenvalue weighted by molar-refractivity contribution is 6.46. The molecule has 31 heavy (non-hydrogen) atoms. The molecular formula is C25H21FN2O3. The normalized spacial score (nSPS) is 13.9. The van der Waals surface area contributed by atoms with E-state index in [1.807, 2.05) is 19.9 Å². The second-order valence-electron chi connectivity index (χ2n) is 7.36. The van der Waals surface area contributed by atoms with Crippen molar-refractivity contribution in [2.45, 2.75) is 20.0 Å². The number of nitrogens with zero attached hydrogens (tertiary/aromatic N) is 1. The summed E-state index contributed by atoms with van der Waals surface area (Å²) in [7, 11) is 0. The highest BCUT2D eigenvalue weighted by atomic mass is 19.1. The lowest BCUT2D eigenvalue weighted by atomic mass is 10.0. The molecule has 0 bridgehead atoms. The molecule has 3 aromatic carbocycles. The summed E-state index contributed by atoms with van der Waals surface area (Å²) in [5, 5.41) is 2.95. The molecule has 2 amide bonds. The summed E-state index contributed by atoms with van der Waals surface area (Å²) >= 11 is 0. The van der Waals surface area contributed by atoms with Crippen LogP contribution < -0.4 is 15.0 Å². The molecule has 0 atom stereocenters. The van der Waals surface area contributed by atoms with Crippen LogP contribution in [-0.2, 0) is 9.59 Å². The van der Waals surface area contributed by atoms with E-state index in [1.165, 1.54) is 18.2 Å². The maximum atomic E-state index is 13.7. The van der Waals surface area contributed by atoms with Gasteiger partial charge < -0.3 is 10.1 Å². The SMILES string of the molecule is CC(C)Oc1ccc(C2=C(Nc3cccc(F)c3)C(=O)N(c3ccccc3)C2=O)cc1. The van der Waals surface area contributed by atoms with Gasteiger partial charge in [0.2, 0.25) is 0 Å². The topological polar surface area (TPSA) is 58.6 Å². The van der Waals surface area contributed by atoms with E-state index in [1.54, 1.807) is 54.6 Å². The van der Waals surface area contributed by atoms with Crippen LogP contribution in [0.25, 0.3) is 5.57 Å². The fourth-order valence-electron chi connectivity index (χ4n) is 3.41. The largest absolute Gasteiger partial charge is 0.491 e. The van der Waals surface area contributed by atoms with Crippen molar-refractivity contribution in [1.29, 1.82) is 0 Å². The molecule has 6 heteroatoms. The van der Waals surface area contributed by atoms with Gasteiger partial charge in [-0.05, 0) is 61.9 Å². The third-order valence-corrected chi connectivity index (χ3v) is 4.71. The number of hydrogen-bond donors (Lipinski definition) is 1. The second-order valence-corrected chi connectivity index (χ2v) is 7.36. The number of halogens is 1. The summed E-state index contributed by atoms with van der Waals surface area (Å²) in [6, 6.07) is 21.4. The first-order chi connectivity index (χ1) is 14.9. The maximum absolute atomic E-state index is 13.7. The van der Waals surface area contributed by atoms with Crippen molar-refractivity contribution in [3.8, 4) is 5.75 Å². The Labute approximate surface area is 179 Å². The molecule has 4 rings (SSSR count). The first kappa shape index (κ1) is 20.3. The smallest absolute Gasteiger partial charge is 0.282 e. The molecule has 1 aliphatic rings. The summed E-state index contributed by atoms with van der Waals surface area (Å²) in [6.45, 7) is 3.85. The van der Waals surface area contributed by atoms with Crippen molar-refractivity contribution in [1.82, 2.24) is 0 Å². The van der Waals surface area contributed by atoms with Crippen LogP contribution in [0.3, 0.4) is 0 Å². The first-order valence-electron chi connectivity index (χ1n) is 9.92. The number of imide groups is 1. The quantitative estimate of drug-likeness (QED) is 0.574. The zero-order valence-electron chi connectivity index (χ0n) is 17.1. The zero-order chi connectivity index (χ0) is 22.0. The van der Waals surface area contributed by atoms with Crippen LogP contribution in [0.5, 0.6) is 5.75 Å². The average molecular weight is 416 g/mol. The standard InChI is InChI=1S/C25H21FN2O3/c1-16(2)31-21-13-11-17(12-14-21)22-23(27-19-8-6-7-18(26)15-19)25(30)28(24(22)29)20-9-4-3-5-10-20/h3-16,27H,1-2H3. The molecule has 156 valence electrons. The molecule has 5 nitrogen and oxygen atoms in total. The molecule has 0 aromatic heterocycles. The molecule has 0 radical (unpaired) electrons. The van der Waals surface area contributed by atoms with E-state index in [-0.39, 0.29) is 17.4 Å². The van der Waals surface area contributed by atoms with E-state index in [2.05, 4.69) is 5.32 Å². The Balaban J connectivity index is 1.78. The van der Waals surface area contributed by atoms with Crippen molar-refractivity contribution in [2.75, 3.05) is 10.2 Å². The molecule has 1 N–H and O–H groups in total. The van der Waals surface area contributed by atoms with Crippen LogP contribution in [-0.4, -0.2) is 17.9 Å². The summed E-state index contributed by atoms with van der Waals surface area (Å²) in [6.07, 6.45) is 0.0125. The van der Waals surface area contributed by atoms with Crippen LogP contribution in [0, 0.1) is 5.82 Å². The Morgan fingerprint density at radius 3 is 2.23 bits per heavy atom. The molecule has 1 aliphatic heterocycles. The van der Waals surface area contributed by atoms with Gasteiger partial charge in [-0.3, -0.25) is 9.59 Å². The lowest BCUT2D eigenvalue weighted by molar-refractivity contribution is -0.120. The van der Waals surface area contributed by atoms with E-state index in [4.69, 9.17) is 4.74 Å². The fourth-order valence-corrected chi connectivity index (χ4v) is 3.41. The highest BCUT2D eigenvalue weighted by Crippen LogP contribution is 2.34. The minimum atomic E-state index is -0.502. The number of rotatable bonds is 6. The third-order valence-electron chi connectivity index (χ3n) is 4.71. The van der Waals surface area contributed by atoms with Gasteiger partial charge in [0.25, 0.3) is 11.8 Å². The summed E-state index contributed by atoms with van der Waals surface area (Å²) < 4.78 is 19.4. The number of benzene rings is 3. The van der Waals surface area contributed by atoms with E-state index in [9.17, 15) is 14.0 Å². The minimum absolute atomic E-state index is 0.0125. The van der Waals surface area contributed by atoms with Gasteiger partial charge in [0, 0.05) is 5.69 Å². The lowest BCUT2D eigenvalue weighted by Crippen LogP contribution is -2.32. The number of hydrogen-bond acceptors (Lipinski definition) is 4. The van der Waals surface area contributed by atoms with E-state index < -0.39 is 17.6 Å². The molecule has 0 spiro atoms. The number of anilines is 2. The van der Waals surface area contributed by atoms with E-state index in [0.29, 0.717) is 22.7 Å². The number of para-hydroxylation sites is 1. The highest BCUT2D eigenvalue weighted by Gasteiger charge is 2.40. The molecule has 0 unspecified atom stereocenters. The number of carbonyl (C=O) groups is 2. The molecule has 0 saturated heterocycles. The van der Waals surface area contributed by atoms with Crippen LogP contribution in [0.1, 0.15) is 19.4 Å². The van der Waals surface area contributed by atoms with Crippen molar-refractivity contribution in [3.05, 3.63) is 95.9 Å². The van der Waals surface area contributed by atoms with Gasteiger partial charge in [0.1, 0.15) is 17.3 Å². The Morgan fingerprint density at radius 1 is 0.871 bits per heavy atom. The van der Waals surface area contributed by atoms with Gasteiger partial charge in [0.15, 0.2) is 0 Å². The summed E-state index contributed by atoms with van der Waals surface area (Å²) in [5.74, 6) is -0.736. The molecule has 1 heterocycles. The fraction of sp³-hybridized carbons (Fsp3) is 0.120. The molecule has 3 aromatic rings. The number of ether oxygens (including phenoxy) is 1. The van der Waals surface area contributed by atoms with Crippen LogP contribution in [0.15, 0.2) is 84.6 Å². The van der Waals surface area contributed by atoms with Gasteiger partial charge >= 0.3 is 0 Å². The third kappa shape index (κ3) is 4.19. The van der Waals surface area contributed by atoms with Crippen molar-refractivity contribution in [2.24, 2.45) is 0 Å². The summed E-state index contributed by atoms with van der Waals surface area (Å²) in [4.78, 5) is 27.7. The lowest BCUT2D eigenvalue weighted by Gasteiger charge is -2.15. The van der Waals surface area contributed by atoms with E-state index >= 15 is 0 Å². The average Bonchev–Trinajstić information content (AvgIpc) is 2.98. The van der Waals surface area contributed by atoms with Gasteiger partial charge in [-0.2, -0.15) is 0 Å². The van der Waals surface area contributed by atoms with Crippen molar-refractivity contribution < 1.29 is 18.7 Å². The van der Waals surface area contributed by atoms with Crippen LogP contribution in [0.4, 0.5) is 15.8 Å². The Hall–Kier alpha value is -3.93. The predicted molar refractivity (Wildman–Crippen MR) is 118 cm³/mol. The van der Waals surface area contributed by atoms with Crippen molar-refractivity contribution in [3.63, 3.8) is 0 Å². The first-order valence-corrected chi connectivity index (χ1v) is 9.92. The van der Waals surface area contributed by atoms with Gasteiger partial charge in [-0.15, -0.1) is 0 Å². The number of amides is 2. The number of nitrogens with one attached hydrogen (secondary N) is 1. The Bertz CT molecular complexity index is 1150. The minimum Gasteiger partial charge on any atom is -0.491 e. The van der Waals surface area contributed by atoms with Crippen molar-refractivity contribution >= 4 is 28.8 Å². The van der Waals surface area contributed by atoms with Crippen LogP contribution >= 0.6 is 0 Å². The maximum Gasteiger partial charge on any atom is 0.282 e. The second kappa shape index (κ2) is 8.44. The van der Waals surface area contributed by atoms with Crippen LogP contribution in [0.2, 0.25) is 0 Å². The van der Waals surface area contributed by atoms with Gasteiger partial charge in [0.05, 0.1) is 17.4 Å². The predicted octanol–water partition coefficient (Wildman–Crippen LogP) is 5.01.